The van der Waals surface area contributed by atoms with E-state index in [0.29, 0.717) is 50.7 Å². The smallest absolute Gasteiger partial charge is 0.319 e. The van der Waals surface area contributed by atoms with Gasteiger partial charge in [-0.1, -0.05) is 35.3 Å². The van der Waals surface area contributed by atoms with Crippen LogP contribution in [0, 0.1) is 0 Å². The lowest BCUT2D eigenvalue weighted by atomic mass is 9.87. The van der Waals surface area contributed by atoms with Crippen LogP contribution in [0.1, 0.15) is 48.6 Å². The highest BCUT2D eigenvalue weighted by molar-refractivity contribution is 6.32. The molecule has 4 heterocycles. The number of carbonyl (C=O) groups is 2. The van der Waals surface area contributed by atoms with Gasteiger partial charge < -0.3 is 19.4 Å². The number of benzene rings is 2. The van der Waals surface area contributed by atoms with Gasteiger partial charge in [0.25, 0.3) is 11.8 Å². The molecule has 204 valence electrons. The van der Waals surface area contributed by atoms with Gasteiger partial charge in [-0.2, -0.15) is 4.98 Å². The summed E-state index contributed by atoms with van der Waals surface area (Å²) in [4.78, 5) is 43.5. The number of fused-ring (bicyclic) bond motifs is 4. The molecule has 0 unspecified atom stereocenters. The third-order valence-electron chi connectivity index (χ3n) is 6.97. The van der Waals surface area contributed by atoms with Gasteiger partial charge in [-0.15, -0.1) is 0 Å². The van der Waals surface area contributed by atoms with Crippen LogP contribution in [0.3, 0.4) is 0 Å². The summed E-state index contributed by atoms with van der Waals surface area (Å²) in [6, 6.07) is 11.9. The Kier molecular flexibility index (Phi) is 6.19. The molecule has 4 aromatic rings. The van der Waals surface area contributed by atoms with Crippen LogP contribution in [0.25, 0.3) is 11.4 Å². The largest absolute Gasteiger partial charge is 0.480 e. The Hall–Kier alpha value is -4.15. The first-order valence-corrected chi connectivity index (χ1v) is 13.4. The van der Waals surface area contributed by atoms with E-state index in [1.165, 1.54) is 12.0 Å². The van der Waals surface area contributed by atoms with E-state index in [1.807, 2.05) is 25.3 Å². The molecule has 10 nitrogen and oxygen atoms in total. The second-order valence-corrected chi connectivity index (χ2v) is 10.5. The van der Waals surface area contributed by atoms with Crippen molar-refractivity contribution in [3.05, 3.63) is 75.7 Å². The fraction of sp³-hybridized carbons (Fsp3) is 0.250. The number of carbonyl (C=O) groups excluding carboxylic acids is 2. The molecule has 0 aliphatic carbocycles. The van der Waals surface area contributed by atoms with Crippen molar-refractivity contribution in [3.63, 3.8) is 0 Å². The highest BCUT2D eigenvalue weighted by atomic mass is 35.5. The highest BCUT2D eigenvalue weighted by Crippen LogP contribution is 2.54. The molecular weight excluding hydrogens is 555 g/mol. The predicted octanol–water partition coefficient (Wildman–Crippen LogP) is 5.49. The van der Waals surface area contributed by atoms with Crippen LogP contribution >= 0.6 is 23.2 Å². The molecule has 6 rings (SSSR count). The van der Waals surface area contributed by atoms with Crippen LogP contribution in [0.4, 0.5) is 11.4 Å². The second-order valence-electron chi connectivity index (χ2n) is 9.58. The lowest BCUT2D eigenvalue weighted by Crippen LogP contribution is -2.51. The minimum Gasteiger partial charge on any atom is -0.480 e. The van der Waals surface area contributed by atoms with Gasteiger partial charge in [-0.05, 0) is 51.1 Å². The van der Waals surface area contributed by atoms with Gasteiger partial charge in [0.2, 0.25) is 5.88 Å². The Labute approximate surface area is 239 Å². The number of rotatable bonds is 6. The van der Waals surface area contributed by atoms with E-state index in [0.717, 1.165) is 0 Å². The predicted molar refractivity (Wildman–Crippen MR) is 150 cm³/mol. The summed E-state index contributed by atoms with van der Waals surface area (Å²) in [7, 11) is 1.48. The SMILES string of the molecule is CCOc1ncc(-c2nc3c(n2C(C)C)[C@]2(C(=O)Nc4cc(Cl)ccc42)N(c2cccc(Cl)c2)C3=O)c(OC)n1. The van der Waals surface area contributed by atoms with Gasteiger partial charge in [0, 0.05) is 39.2 Å². The van der Waals surface area contributed by atoms with Crippen LogP contribution < -0.4 is 19.7 Å². The number of amides is 2. The lowest BCUT2D eigenvalue weighted by Gasteiger charge is -2.35. The third-order valence-corrected chi connectivity index (χ3v) is 7.44. The minimum absolute atomic E-state index is 0.123. The summed E-state index contributed by atoms with van der Waals surface area (Å²) in [6.45, 7) is 6.10. The molecule has 12 heteroatoms. The van der Waals surface area contributed by atoms with Crippen LogP contribution in [0.15, 0.2) is 48.7 Å². The molecule has 2 amide bonds. The molecule has 1 atom stereocenters. The summed E-state index contributed by atoms with van der Waals surface area (Å²) >= 11 is 12.6. The second kappa shape index (κ2) is 9.50. The fourth-order valence-electron chi connectivity index (χ4n) is 5.50. The van der Waals surface area contributed by atoms with Crippen molar-refractivity contribution >= 4 is 46.4 Å². The zero-order chi connectivity index (χ0) is 28.3. The van der Waals surface area contributed by atoms with Crippen molar-refractivity contribution in [1.29, 1.82) is 0 Å². The van der Waals surface area contributed by atoms with Crippen LogP contribution in [0.5, 0.6) is 11.9 Å². The van der Waals surface area contributed by atoms with Gasteiger partial charge in [-0.3, -0.25) is 14.5 Å². The topological polar surface area (TPSA) is 111 Å². The number of aromatic nitrogens is 4. The van der Waals surface area contributed by atoms with Crippen LogP contribution in [0.2, 0.25) is 10.0 Å². The maximum atomic E-state index is 14.3. The van der Waals surface area contributed by atoms with Crippen LogP contribution in [-0.2, 0) is 10.3 Å². The van der Waals surface area contributed by atoms with Crippen molar-refractivity contribution in [2.45, 2.75) is 32.4 Å². The molecule has 0 saturated carbocycles. The molecule has 2 aromatic heterocycles. The van der Waals surface area contributed by atoms with Gasteiger partial charge in [0.15, 0.2) is 11.2 Å². The monoisotopic (exact) mass is 578 g/mol. The Morgan fingerprint density at radius 3 is 2.55 bits per heavy atom. The molecular formula is C28H24Cl2N6O4. The molecule has 0 saturated heterocycles. The highest BCUT2D eigenvalue weighted by Gasteiger charge is 2.64. The normalized spacial score (nSPS) is 17.4. The Balaban J connectivity index is 1.69. The number of nitrogens with zero attached hydrogens (tertiary/aromatic N) is 5. The van der Waals surface area contributed by atoms with Crippen molar-refractivity contribution in [2.75, 3.05) is 23.9 Å². The van der Waals surface area contributed by atoms with E-state index < -0.39 is 17.4 Å². The first kappa shape index (κ1) is 26.1. The van der Waals surface area contributed by atoms with Gasteiger partial charge >= 0.3 is 6.01 Å². The Morgan fingerprint density at radius 2 is 1.85 bits per heavy atom. The van der Waals surface area contributed by atoms with E-state index in [-0.39, 0.29) is 23.6 Å². The summed E-state index contributed by atoms with van der Waals surface area (Å²) < 4.78 is 12.9. The minimum atomic E-state index is -1.59. The summed E-state index contributed by atoms with van der Waals surface area (Å²) in [5.74, 6) is -0.268. The zero-order valence-corrected chi connectivity index (χ0v) is 23.5. The average molecular weight is 579 g/mol. The maximum absolute atomic E-state index is 14.3. The lowest BCUT2D eigenvalue weighted by molar-refractivity contribution is -0.119. The molecule has 2 aliphatic rings. The number of halogens is 2. The number of hydrogen-bond acceptors (Lipinski definition) is 7. The van der Waals surface area contributed by atoms with E-state index in [4.69, 9.17) is 37.7 Å². The Bertz CT molecular complexity index is 1700. The number of nitrogens with one attached hydrogen (secondary N) is 1. The zero-order valence-electron chi connectivity index (χ0n) is 22.0. The van der Waals surface area contributed by atoms with Gasteiger partial charge in [0.05, 0.1) is 25.0 Å². The molecule has 40 heavy (non-hydrogen) atoms. The molecule has 0 bridgehead atoms. The van der Waals surface area contributed by atoms with E-state index in [2.05, 4.69) is 15.3 Å². The van der Waals surface area contributed by atoms with Crippen molar-refractivity contribution in [3.8, 4) is 23.3 Å². The first-order chi connectivity index (χ1) is 19.2. The standard InChI is InChI=1S/C28H24Cl2N6O4/c1-5-40-27-31-13-18(24(34-27)39-4)23-33-21-22(35(23)14(2)3)28(19-10-9-16(30)12-20(19)32-26(28)38)36(25(21)37)17-8-6-7-15(29)11-17/h6-14H,5H2,1-4H3,(H,32,38)/t28-/m1/s1. The van der Waals surface area contributed by atoms with E-state index in [9.17, 15) is 9.59 Å². The first-order valence-electron chi connectivity index (χ1n) is 12.6. The van der Waals surface area contributed by atoms with E-state index >= 15 is 0 Å². The number of imidazole rings is 1. The number of methoxy groups -OCH3 is 1. The molecule has 2 aliphatic heterocycles. The number of ether oxygens (including phenoxy) is 2. The number of hydrogen-bond donors (Lipinski definition) is 1. The molecule has 1 N–H and O–H groups in total. The van der Waals surface area contributed by atoms with Gasteiger partial charge in [-0.25, -0.2) is 9.97 Å². The van der Waals surface area contributed by atoms with Crippen molar-refractivity contribution in [2.24, 2.45) is 0 Å². The average Bonchev–Trinajstić information content (AvgIpc) is 3.52. The van der Waals surface area contributed by atoms with Crippen LogP contribution in [-0.4, -0.2) is 45.1 Å². The molecule has 2 aromatic carbocycles. The van der Waals surface area contributed by atoms with Crippen molar-refractivity contribution in [1.82, 2.24) is 19.5 Å². The molecule has 0 fully saturated rings. The quantitative estimate of drug-likeness (QED) is 0.322. The Morgan fingerprint density at radius 1 is 1.07 bits per heavy atom. The van der Waals surface area contributed by atoms with Gasteiger partial charge in [0.1, 0.15) is 5.82 Å². The third kappa shape index (κ3) is 3.59. The molecule has 0 radical (unpaired) electrons. The summed E-state index contributed by atoms with van der Waals surface area (Å²) in [5, 5.41) is 3.82. The van der Waals surface area contributed by atoms with Crippen molar-refractivity contribution < 1.29 is 19.1 Å². The van der Waals surface area contributed by atoms with E-state index in [1.54, 1.807) is 48.7 Å². The number of anilines is 2. The maximum Gasteiger partial charge on any atom is 0.319 e. The summed E-state index contributed by atoms with van der Waals surface area (Å²) in [5.41, 5.74) is 0.914. The summed E-state index contributed by atoms with van der Waals surface area (Å²) in [6.07, 6.45) is 1.54. The molecule has 1 spiro atoms. The fourth-order valence-corrected chi connectivity index (χ4v) is 5.85.